The van der Waals surface area contributed by atoms with Gasteiger partial charge in [-0.1, -0.05) is 42.5 Å². The summed E-state index contributed by atoms with van der Waals surface area (Å²) in [6, 6.07) is 17.8. The molecule has 0 bridgehead atoms. The SMILES string of the molecule is O=[N+]([O-])c1ccc(Cc2c(O)ccc3ccccc23)cc1. The lowest BCUT2D eigenvalue weighted by Crippen LogP contribution is -1.92. The quantitative estimate of drug-likeness (QED) is 0.581. The van der Waals surface area contributed by atoms with E-state index in [4.69, 9.17) is 0 Å². The summed E-state index contributed by atoms with van der Waals surface area (Å²) >= 11 is 0. The van der Waals surface area contributed by atoms with Gasteiger partial charge in [-0.3, -0.25) is 10.1 Å². The van der Waals surface area contributed by atoms with Gasteiger partial charge in [0.25, 0.3) is 5.69 Å². The van der Waals surface area contributed by atoms with Gasteiger partial charge in [0.15, 0.2) is 0 Å². The van der Waals surface area contributed by atoms with Crippen molar-refractivity contribution >= 4 is 16.5 Å². The first kappa shape index (κ1) is 13.1. The molecular weight excluding hydrogens is 266 g/mol. The minimum atomic E-state index is -0.417. The smallest absolute Gasteiger partial charge is 0.269 e. The van der Waals surface area contributed by atoms with Crippen molar-refractivity contribution in [3.8, 4) is 5.75 Å². The van der Waals surface area contributed by atoms with Crippen LogP contribution in [0.4, 0.5) is 5.69 Å². The molecule has 0 aromatic heterocycles. The molecule has 1 N–H and O–H groups in total. The van der Waals surface area contributed by atoms with Gasteiger partial charge in [0, 0.05) is 24.1 Å². The summed E-state index contributed by atoms with van der Waals surface area (Å²) in [5.41, 5.74) is 1.83. The summed E-state index contributed by atoms with van der Waals surface area (Å²) in [6.45, 7) is 0. The van der Waals surface area contributed by atoms with Crippen LogP contribution in [0.3, 0.4) is 0 Å². The highest BCUT2D eigenvalue weighted by atomic mass is 16.6. The van der Waals surface area contributed by atoms with Crippen molar-refractivity contribution in [2.75, 3.05) is 0 Å². The lowest BCUT2D eigenvalue weighted by molar-refractivity contribution is -0.384. The Morgan fingerprint density at radius 2 is 1.67 bits per heavy atom. The first-order valence-electron chi connectivity index (χ1n) is 6.58. The monoisotopic (exact) mass is 279 g/mol. The zero-order chi connectivity index (χ0) is 14.8. The van der Waals surface area contributed by atoms with Crippen LogP contribution in [0.1, 0.15) is 11.1 Å². The molecule has 0 amide bonds. The predicted molar refractivity (Wildman–Crippen MR) is 81.5 cm³/mol. The first-order chi connectivity index (χ1) is 10.1. The largest absolute Gasteiger partial charge is 0.508 e. The molecule has 3 rings (SSSR count). The van der Waals surface area contributed by atoms with E-state index < -0.39 is 4.92 Å². The molecule has 4 nitrogen and oxygen atoms in total. The molecule has 0 radical (unpaired) electrons. The molecule has 0 aliphatic heterocycles. The number of nitro groups is 1. The van der Waals surface area contributed by atoms with Gasteiger partial charge in [0.2, 0.25) is 0 Å². The van der Waals surface area contributed by atoms with Gasteiger partial charge in [0.1, 0.15) is 5.75 Å². The van der Waals surface area contributed by atoms with Gasteiger partial charge in [-0.05, 0) is 22.4 Å². The molecule has 0 aliphatic rings. The highest BCUT2D eigenvalue weighted by Crippen LogP contribution is 2.29. The molecule has 0 unspecified atom stereocenters. The Labute approximate surface area is 121 Å². The Hall–Kier alpha value is -2.88. The van der Waals surface area contributed by atoms with Crippen LogP contribution in [0.2, 0.25) is 0 Å². The number of aromatic hydroxyl groups is 1. The van der Waals surface area contributed by atoms with Crippen molar-refractivity contribution in [2.45, 2.75) is 6.42 Å². The average Bonchev–Trinajstić information content (AvgIpc) is 2.51. The molecule has 0 aliphatic carbocycles. The van der Waals surface area contributed by atoms with Crippen LogP contribution >= 0.6 is 0 Å². The van der Waals surface area contributed by atoms with Gasteiger partial charge < -0.3 is 5.11 Å². The van der Waals surface area contributed by atoms with Crippen molar-refractivity contribution in [3.05, 3.63) is 81.9 Å². The molecule has 0 saturated carbocycles. The zero-order valence-electron chi connectivity index (χ0n) is 11.2. The van der Waals surface area contributed by atoms with Gasteiger partial charge in [0.05, 0.1) is 4.92 Å². The van der Waals surface area contributed by atoms with Crippen LogP contribution in [-0.2, 0) is 6.42 Å². The maximum Gasteiger partial charge on any atom is 0.269 e. The van der Waals surface area contributed by atoms with Crippen LogP contribution in [0.5, 0.6) is 5.75 Å². The Kier molecular flexibility index (Phi) is 3.28. The van der Waals surface area contributed by atoms with Gasteiger partial charge in [-0.2, -0.15) is 0 Å². The average molecular weight is 279 g/mol. The summed E-state index contributed by atoms with van der Waals surface area (Å²) in [7, 11) is 0. The van der Waals surface area contributed by atoms with E-state index in [9.17, 15) is 15.2 Å². The van der Waals surface area contributed by atoms with Crippen LogP contribution in [0.15, 0.2) is 60.7 Å². The van der Waals surface area contributed by atoms with Crippen LogP contribution < -0.4 is 0 Å². The van der Waals surface area contributed by atoms with Crippen molar-refractivity contribution in [3.63, 3.8) is 0 Å². The van der Waals surface area contributed by atoms with Gasteiger partial charge >= 0.3 is 0 Å². The van der Waals surface area contributed by atoms with Crippen molar-refractivity contribution in [2.24, 2.45) is 0 Å². The zero-order valence-corrected chi connectivity index (χ0v) is 11.2. The Balaban J connectivity index is 2.01. The number of non-ortho nitro benzene ring substituents is 1. The third-order valence-corrected chi connectivity index (χ3v) is 3.54. The summed E-state index contributed by atoms with van der Waals surface area (Å²) in [5, 5.41) is 22.8. The molecule has 0 saturated heterocycles. The number of nitrogens with zero attached hydrogens (tertiary/aromatic N) is 1. The van der Waals surface area contributed by atoms with Crippen molar-refractivity contribution in [1.82, 2.24) is 0 Å². The fourth-order valence-corrected chi connectivity index (χ4v) is 2.45. The predicted octanol–water partition coefficient (Wildman–Crippen LogP) is 4.04. The number of phenolic OH excluding ortho intramolecular Hbond substituents is 1. The minimum absolute atomic E-state index is 0.0703. The molecule has 104 valence electrons. The van der Waals surface area contributed by atoms with Crippen LogP contribution in [0, 0.1) is 10.1 Å². The Morgan fingerprint density at radius 3 is 2.38 bits per heavy atom. The molecule has 3 aromatic carbocycles. The normalized spacial score (nSPS) is 10.7. The van der Waals surface area contributed by atoms with E-state index in [1.165, 1.54) is 12.1 Å². The third-order valence-electron chi connectivity index (χ3n) is 3.54. The molecule has 3 aromatic rings. The van der Waals surface area contributed by atoms with E-state index in [1.807, 2.05) is 30.3 Å². The third kappa shape index (κ3) is 2.56. The summed E-state index contributed by atoms with van der Waals surface area (Å²) in [6.07, 6.45) is 0.533. The minimum Gasteiger partial charge on any atom is -0.508 e. The number of hydrogen-bond acceptors (Lipinski definition) is 3. The first-order valence-corrected chi connectivity index (χ1v) is 6.58. The maximum atomic E-state index is 10.7. The summed E-state index contributed by atoms with van der Waals surface area (Å²) in [5.74, 6) is 0.243. The second-order valence-corrected chi connectivity index (χ2v) is 4.88. The number of fused-ring (bicyclic) bond motifs is 1. The highest BCUT2D eigenvalue weighted by molar-refractivity contribution is 5.88. The number of benzene rings is 3. The molecule has 0 atom stereocenters. The van der Waals surface area contributed by atoms with E-state index in [0.29, 0.717) is 6.42 Å². The maximum absolute atomic E-state index is 10.7. The van der Waals surface area contributed by atoms with Crippen molar-refractivity contribution in [1.29, 1.82) is 0 Å². The second-order valence-electron chi connectivity index (χ2n) is 4.88. The topological polar surface area (TPSA) is 63.4 Å². The molecule has 0 spiro atoms. The van der Waals surface area contributed by atoms with E-state index in [-0.39, 0.29) is 11.4 Å². The fraction of sp³-hybridized carbons (Fsp3) is 0.0588. The van der Waals surface area contributed by atoms with Crippen molar-refractivity contribution < 1.29 is 10.0 Å². The van der Waals surface area contributed by atoms with E-state index in [2.05, 4.69) is 0 Å². The summed E-state index contributed by atoms with van der Waals surface area (Å²) in [4.78, 5) is 10.2. The van der Waals surface area contributed by atoms with Crippen LogP contribution in [0.25, 0.3) is 10.8 Å². The van der Waals surface area contributed by atoms with Gasteiger partial charge in [-0.25, -0.2) is 0 Å². The van der Waals surface area contributed by atoms with Crippen LogP contribution in [-0.4, -0.2) is 10.0 Å². The fourth-order valence-electron chi connectivity index (χ4n) is 2.45. The Morgan fingerprint density at radius 1 is 0.952 bits per heavy atom. The number of hydrogen-bond donors (Lipinski definition) is 1. The Bertz CT molecular complexity index is 810. The van der Waals surface area contributed by atoms with Gasteiger partial charge in [-0.15, -0.1) is 0 Å². The molecular formula is C17H13NO3. The number of nitro benzene ring substituents is 1. The lowest BCUT2D eigenvalue weighted by Gasteiger charge is -2.09. The molecule has 21 heavy (non-hydrogen) atoms. The molecule has 4 heteroatoms. The molecule has 0 heterocycles. The number of rotatable bonds is 3. The second kappa shape index (κ2) is 5.25. The standard InChI is InChI=1S/C17H13NO3/c19-17-10-7-13-3-1-2-4-15(13)16(17)11-12-5-8-14(9-6-12)18(20)21/h1-10,19H,11H2. The molecule has 0 fully saturated rings. The lowest BCUT2D eigenvalue weighted by atomic mass is 9.97. The van der Waals surface area contributed by atoms with E-state index in [1.54, 1.807) is 18.2 Å². The van der Waals surface area contributed by atoms with E-state index in [0.717, 1.165) is 21.9 Å². The number of phenols is 1. The van der Waals surface area contributed by atoms with E-state index >= 15 is 0 Å². The highest BCUT2D eigenvalue weighted by Gasteiger charge is 2.09. The summed E-state index contributed by atoms with van der Waals surface area (Å²) < 4.78 is 0.